The zero-order valence-electron chi connectivity index (χ0n) is 12.8. The molecule has 9 heteroatoms. The Bertz CT molecular complexity index is 956. The smallest absolute Gasteiger partial charge is 0.290 e. The van der Waals surface area contributed by atoms with Gasteiger partial charge in [0.15, 0.2) is 11.6 Å². The second-order valence-electron chi connectivity index (χ2n) is 5.11. The lowest BCUT2D eigenvalue weighted by Crippen LogP contribution is -2.41. The normalized spacial score (nSPS) is 10.6. The molecule has 0 spiro atoms. The number of nitro benzene ring substituents is 1. The van der Waals surface area contributed by atoms with Gasteiger partial charge in [-0.15, -0.1) is 4.68 Å². The highest BCUT2D eigenvalue weighted by molar-refractivity contribution is 7.17. The van der Waals surface area contributed by atoms with Crippen molar-refractivity contribution in [3.05, 3.63) is 70.0 Å². The van der Waals surface area contributed by atoms with Gasteiger partial charge in [-0.3, -0.25) is 20.6 Å². The largest absolute Gasteiger partial charge is 0.354 e. The van der Waals surface area contributed by atoms with Crippen LogP contribution in [0.2, 0.25) is 0 Å². The topological polar surface area (TPSA) is 103 Å². The minimum atomic E-state index is -0.540. The van der Waals surface area contributed by atoms with Crippen molar-refractivity contribution < 1.29 is 18.8 Å². The quantitative estimate of drug-likeness (QED) is 0.326. The van der Waals surface area contributed by atoms with E-state index in [2.05, 4.69) is 5.10 Å². The molecule has 0 aliphatic rings. The summed E-state index contributed by atoms with van der Waals surface area (Å²) in [4.78, 5) is 22.4. The van der Waals surface area contributed by atoms with Crippen molar-refractivity contribution in [1.82, 2.24) is 5.10 Å². The Morgan fingerprint density at radius 2 is 1.92 bits per heavy atom. The third-order valence-corrected chi connectivity index (χ3v) is 4.38. The van der Waals surface area contributed by atoms with E-state index in [0.29, 0.717) is 16.1 Å². The number of hydrogen-bond acceptors (Lipinski definition) is 6. The van der Waals surface area contributed by atoms with E-state index in [0.717, 1.165) is 11.3 Å². The van der Waals surface area contributed by atoms with Gasteiger partial charge in [0.2, 0.25) is 5.78 Å². The number of aromatic nitrogens is 2. The summed E-state index contributed by atoms with van der Waals surface area (Å²) in [6.45, 7) is -0.144. The molecule has 2 N–H and O–H groups in total. The molecule has 0 aliphatic carbocycles. The number of Topliss-reactive ketones (excluding diaryl/α,β-unsaturated/α-hetero) is 1. The number of anilines is 1. The Morgan fingerprint density at radius 1 is 1.24 bits per heavy atom. The highest BCUT2D eigenvalue weighted by atomic mass is 32.1. The lowest BCUT2D eigenvalue weighted by Gasteiger charge is -1.98. The molecule has 126 valence electrons. The number of halogens is 1. The van der Waals surface area contributed by atoms with Gasteiger partial charge in [-0.1, -0.05) is 17.2 Å². The van der Waals surface area contributed by atoms with Gasteiger partial charge in [-0.05, 0) is 35.6 Å². The van der Waals surface area contributed by atoms with E-state index >= 15 is 0 Å². The number of rotatable bonds is 5. The Kier molecular flexibility index (Phi) is 4.48. The van der Waals surface area contributed by atoms with E-state index in [1.165, 1.54) is 35.0 Å². The van der Waals surface area contributed by atoms with Gasteiger partial charge in [0.1, 0.15) is 5.82 Å². The molecule has 0 radical (unpaired) electrons. The minimum Gasteiger partial charge on any atom is -0.290 e. The average Bonchev–Trinajstić information content (AvgIpc) is 2.95. The van der Waals surface area contributed by atoms with Crippen LogP contribution in [0.1, 0.15) is 10.4 Å². The molecular formula is C16H12FN4O3S+. The van der Waals surface area contributed by atoms with Gasteiger partial charge >= 0.3 is 5.13 Å². The van der Waals surface area contributed by atoms with Crippen LogP contribution >= 0.6 is 11.3 Å². The van der Waals surface area contributed by atoms with Crippen LogP contribution in [-0.4, -0.2) is 15.8 Å². The maximum Gasteiger partial charge on any atom is 0.354 e. The third-order valence-electron chi connectivity index (χ3n) is 3.46. The lowest BCUT2D eigenvalue weighted by atomic mass is 10.1. The fraction of sp³-hybridized carbons (Fsp3) is 0.0625. The van der Waals surface area contributed by atoms with Crippen LogP contribution in [0.15, 0.2) is 48.5 Å². The zero-order chi connectivity index (χ0) is 18.0. The summed E-state index contributed by atoms with van der Waals surface area (Å²) in [5.41, 5.74) is 6.39. The Hall–Kier alpha value is -3.20. The summed E-state index contributed by atoms with van der Waals surface area (Å²) < 4.78 is 15.1. The zero-order valence-corrected chi connectivity index (χ0v) is 13.6. The first-order valence-corrected chi connectivity index (χ1v) is 7.96. The molecule has 0 aliphatic heterocycles. The van der Waals surface area contributed by atoms with Gasteiger partial charge in [0, 0.05) is 17.7 Å². The number of hydrogen-bond donors (Lipinski definition) is 1. The van der Waals surface area contributed by atoms with Crippen LogP contribution < -0.4 is 10.4 Å². The number of nitrogen functional groups attached to an aromatic ring is 1. The first-order valence-electron chi connectivity index (χ1n) is 7.14. The number of carbonyl (C=O) groups excluding carboxylic acids is 1. The van der Waals surface area contributed by atoms with Crippen LogP contribution in [0.25, 0.3) is 10.6 Å². The summed E-state index contributed by atoms with van der Waals surface area (Å²) in [5, 5.41) is 15.5. The Morgan fingerprint density at radius 3 is 2.56 bits per heavy atom. The van der Waals surface area contributed by atoms with Crippen molar-refractivity contribution in [2.45, 2.75) is 6.54 Å². The summed E-state index contributed by atoms with van der Waals surface area (Å²) in [6, 6.07) is 11.4. The molecule has 3 rings (SSSR count). The van der Waals surface area contributed by atoms with Gasteiger partial charge in [-0.2, -0.15) is 0 Å². The molecule has 0 saturated carbocycles. The number of carbonyl (C=O) groups is 1. The first kappa shape index (κ1) is 16.7. The predicted octanol–water partition coefficient (Wildman–Crippen LogP) is 2.61. The first-order chi connectivity index (χ1) is 12.0. The predicted molar refractivity (Wildman–Crippen MR) is 89.5 cm³/mol. The number of nitrogens with two attached hydrogens (primary N) is 1. The van der Waals surface area contributed by atoms with Gasteiger partial charge < -0.3 is 0 Å². The van der Waals surface area contributed by atoms with Crippen molar-refractivity contribution in [2.24, 2.45) is 0 Å². The van der Waals surface area contributed by atoms with E-state index in [4.69, 9.17) is 5.73 Å². The molecule has 0 bridgehead atoms. The SMILES string of the molecule is Nc1sc(-c2ccccc2F)n[n+]1CC(=O)c1ccc([N+](=O)[O-])cc1. The highest BCUT2D eigenvalue weighted by Gasteiger charge is 2.21. The molecule has 1 heterocycles. The molecule has 1 aromatic heterocycles. The fourth-order valence-electron chi connectivity index (χ4n) is 2.18. The summed E-state index contributed by atoms with van der Waals surface area (Å²) in [6.07, 6.45) is 0. The lowest BCUT2D eigenvalue weighted by molar-refractivity contribution is -0.722. The Balaban J connectivity index is 1.82. The number of ketones is 1. The molecule has 0 fully saturated rings. The molecule has 0 atom stereocenters. The molecule has 25 heavy (non-hydrogen) atoms. The van der Waals surface area contributed by atoms with E-state index in [9.17, 15) is 19.3 Å². The number of non-ortho nitro benzene ring substituents is 1. The third kappa shape index (κ3) is 3.50. The Labute approximate surface area is 145 Å². The molecule has 0 saturated heterocycles. The maximum atomic E-state index is 13.8. The molecule has 0 amide bonds. The van der Waals surface area contributed by atoms with E-state index in [-0.39, 0.29) is 23.1 Å². The number of nitrogens with zero attached hydrogens (tertiary/aromatic N) is 3. The van der Waals surface area contributed by atoms with Gasteiger partial charge in [-0.25, -0.2) is 4.39 Å². The monoisotopic (exact) mass is 359 g/mol. The van der Waals surface area contributed by atoms with Crippen LogP contribution in [0.3, 0.4) is 0 Å². The second-order valence-corrected chi connectivity index (χ2v) is 6.12. The second kappa shape index (κ2) is 6.73. The van der Waals surface area contributed by atoms with Gasteiger partial charge in [0.25, 0.3) is 5.69 Å². The van der Waals surface area contributed by atoms with Crippen molar-refractivity contribution in [3.63, 3.8) is 0 Å². The van der Waals surface area contributed by atoms with Crippen molar-refractivity contribution in [3.8, 4) is 10.6 Å². The van der Waals surface area contributed by atoms with E-state index < -0.39 is 10.7 Å². The molecule has 2 aromatic carbocycles. The fourth-order valence-corrected chi connectivity index (χ4v) is 3.01. The van der Waals surface area contributed by atoms with Crippen molar-refractivity contribution in [1.29, 1.82) is 0 Å². The van der Waals surface area contributed by atoms with Crippen molar-refractivity contribution in [2.75, 3.05) is 5.73 Å². The van der Waals surface area contributed by atoms with Crippen LogP contribution in [0, 0.1) is 15.9 Å². The molecule has 7 nitrogen and oxygen atoms in total. The van der Waals surface area contributed by atoms with E-state index in [1.807, 2.05) is 0 Å². The van der Waals surface area contributed by atoms with Crippen LogP contribution in [0.5, 0.6) is 0 Å². The number of benzene rings is 2. The van der Waals surface area contributed by atoms with E-state index in [1.54, 1.807) is 18.2 Å². The summed E-state index contributed by atoms with van der Waals surface area (Å²) >= 11 is 1.07. The minimum absolute atomic E-state index is 0.0979. The summed E-state index contributed by atoms with van der Waals surface area (Å²) in [5.74, 6) is -0.734. The highest BCUT2D eigenvalue weighted by Crippen LogP contribution is 2.26. The van der Waals surface area contributed by atoms with Gasteiger partial charge in [0.05, 0.1) is 10.5 Å². The molecule has 0 unspecified atom stereocenters. The average molecular weight is 359 g/mol. The van der Waals surface area contributed by atoms with Crippen LogP contribution in [0.4, 0.5) is 15.2 Å². The maximum absolute atomic E-state index is 13.8. The summed E-state index contributed by atoms with van der Waals surface area (Å²) in [7, 11) is 0. The molecule has 3 aromatic rings. The standard InChI is InChI=1S/C16H11FN4O3S/c17-13-4-2-1-3-12(13)15-19-20(16(18)25-15)9-14(22)10-5-7-11(8-6-10)21(23)24/h1-8,18H,9H2/p+1. The molecular weight excluding hydrogens is 347 g/mol. The van der Waals surface area contributed by atoms with Crippen molar-refractivity contribution >= 4 is 27.9 Å². The van der Waals surface area contributed by atoms with Crippen LogP contribution in [-0.2, 0) is 6.54 Å². The number of nitro groups is 1.